The summed E-state index contributed by atoms with van der Waals surface area (Å²) in [5, 5.41) is 7.91. The third-order valence-corrected chi connectivity index (χ3v) is 6.97. The molecule has 5 rings (SSSR count). The lowest BCUT2D eigenvalue weighted by Gasteiger charge is -2.36. The summed E-state index contributed by atoms with van der Waals surface area (Å²) < 4.78 is 42.8. The summed E-state index contributed by atoms with van der Waals surface area (Å²) in [6.45, 7) is 3.92. The first-order valence-electron chi connectivity index (χ1n) is 11.5. The lowest BCUT2D eigenvalue weighted by Crippen LogP contribution is -2.49. The zero-order chi connectivity index (χ0) is 24.7. The molecule has 0 bridgehead atoms. The number of hydrogen-bond acceptors (Lipinski definition) is 4. The van der Waals surface area contributed by atoms with E-state index in [0.717, 1.165) is 21.5 Å². The molecular weight excluding hydrogens is 479 g/mol. The fourth-order valence-electron chi connectivity index (χ4n) is 4.72. The number of aryl methyl sites for hydroxylation is 1. The molecule has 3 heterocycles. The Morgan fingerprint density at radius 3 is 2.40 bits per heavy atom. The highest BCUT2D eigenvalue weighted by molar-refractivity contribution is 6.33. The highest BCUT2D eigenvalue weighted by Gasteiger charge is 2.47. The summed E-state index contributed by atoms with van der Waals surface area (Å²) in [4.78, 5) is 16.9. The molecule has 6 nitrogen and oxygen atoms in total. The molecule has 3 aromatic rings. The Morgan fingerprint density at radius 2 is 1.74 bits per heavy atom. The molecule has 10 heteroatoms. The van der Waals surface area contributed by atoms with Gasteiger partial charge in [-0.3, -0.25) is 4.79 Å². The highest BCUT2D eigenvalue weighted by Crippen LogP contribution is 2.43. The van der Waals surface area contributed by atoms with Gasteiger partial charge in [0, 0.05) is 38.7 Å². The van der Waals surface area contributed by atoms with E-state index < -0.39 is 18.3 Å². The van der Waals surface area contributed by atoms with Gasteiger partial charge in [-0.15, -0.1) is 0 Å². The van der Waals surface area contributed by atoms with Crippen molar-refractivity contribution in [3.63, 3.8) is 0 Å². The molecule has 2 aromatic carbocycles. The lowest BCUT2D eigenvalue weighted by atomic mass is 9.96. The Kier molecular flexibility index (Phi) is 6.13. The van der Waals surface area contributed by atoms with E-state index in [1.807, 2.05) is 55.5 Å². The predicted octanol–water partition coefficient (Wildman–Crippen LogP) is 5.47. The highest BCUT2D eigenvalue weighted by atomic mass is 35.5. The number of amides is 1. The Bertz CT molecular complexity index is 1220. The van der Waals surface area contributed by atoms with Gasteiger partial charge in [0.2, 0.25) is 0 Å². The van der Waals surface area contributed by atoms with Crippen LogP contribution in [0.5, 0.6) is 0 Å². The molecule has 1 aromatic heterocycles. The van der Waals surface area contributed by atoms with E-state index >= 15 is 0 Å². The molecule has 2 aliphatic heterocycles. The molecule has 0 radical (unpaired) electrons. The van der Waals surface area contributed by atoms with Gasteiger partial charge >= 0.3 is 6.18 Å². The van der Waals surface area contributed by atoms with Crippen LogP contribution in [0.1, 0.15) is 40.1 Å². The Labute approximate surface area is 206 Å². The molecule has 184 valence electrons. The van der Waals surface area contributed by atoms with Crippen molar-refractivity contribution in [2.45, 2.75) is 31.6 Å². The normalized spacial score (nSPS) is 20.4. The molecule has 2 atom stereocenters. The Hall–Kier alpha value is -3.20. The van der Waals surface area contributed by atoms with E-state index in [-0.39, 0.29) is 23.8 Å². The zero-order valence-electron chi connectivity index (χ0n) is 19.1. The smallest absolute Gasteiger partial charge is 0.367 e. The summed E-state index contributed by atoms with van der Waals surface area (Å²) in [5.41, 5.74) is 2.71. The number of alkyl halides is 3. The quantitative estimate of drug-likeness (QED) is 0.515. The number of carbonyl (C=O) groups excluding carboxylic acids is 1. The number of halogens is 4. The fourth-order valence-corrected chi connectivity index (χ4v) is 4.97. The molecule has 2 unspecified atom stereocenters. The molecule has 1 amide bonds. The second-order valence-corrected chi connectivity index (χ2v) is 9.40. The minimum absolute atomic E-state index is 0.0116. The van der Waals surface area contributed by atoms with Crippen molar-refractivity contribution in [1.82, 2.24) is 14.7 Å². The summed E-state index contributed by atoms with van der Waals surface area (Å²) in [5.74, 6) is -0.178. The number of rotatable bonds is 3. The number of carbonyl (C=O) groups is 1. The summed E-state index contributed by atoms with van der Waals surface area (Å²) >= 11 is 6.29. The fraction of sp³-hybridized carbons (Fsp3) is 0.360. The van der Waals surface area contributed by atoms with E-state index in [9.17, 15) is 18.0 Å². The maximum atomic E-state index is 14.0. The molecular formula is C25H25ClF3N5O. The number of fused-ring (bicyclic) bond motifs is 1. The van der Waals surface area contributed by atoms with E-state index in [0.29, 0.717) is 31.2 Å². The van der Waals surface area contributed by atoms with Crippen molar-refractivity contribution in [2.24, 2.45) is 0 Å². The third-order valence-electron chi connectivity index (χ3n) is 6.65. The first kappa shape index (κ1) is 23.5. The lowest BCUT2D eigenvalue weighted by molar-refractivity contribution is -0.173. The second kappa shape index (κ2) is 9.11. The minimum Gasteiger partial charge on any atom is -0.367 e. The monoisotopic (exact) mass is 503 g/mol. The summed E-state index contributed by atoms with van der Waals surface area (Å²) in [7, 11) is 0. The number of benzene rings is 2. The summed E-state index contributed by atoms with van der Waals surface area (Å²) in [6.07, 6.45) is -4.70. The van der Waals surface area contributed by atoms with Gasteiger partial charge in [0.25, 0.3) is 5.91 Å². The summed E-state index contributed by atoms with van der Waals surface area (Å²) in [6, 6.07) is 14.0. The molecule has 0 aliphatic carbocycles. The molecule has 2 aliphatic rings. The van der Waals surface area contributed by atoms with Crippen LogP contribution in [0.15, 0.2) is 54.6 Å². The molecule has 0 spiro atoms. The third kappa shape index (κ3) is 4.69. The SMILES string of the molecule is Cc1ccc(C2CC(C(F)(F)F)n3nc(C(=O)N4CCN(c5ccccc5Cl)CC4)cc3N2)cc1. The van der Waals surface area contributed by atoms with E-state index in [1.54, 1.807) is 4.90 Å². The second-order valence-electron chi connectivity index (χ2n) is 8.99. The van der Waals surface area contributed by atoms with Crippen LogP contribution in [0, 0.1) is 6.92 Å². The van der Waals surface area contributed by atoms with Crippen LogP contribution in [0.25, 0.3) is 0 Å². The number of aromatic nitrogens is 2. The van der Waals surface area contributed by atoms with Crippen LogP contribution in [0.2, 0.25) is 5.02 Å². The van der Waals surface area contributed by atoms with E-state index in [1.165, 1.54) is 6.07 Å². The van der Waals surface area contributed by atoms with Crippen molar-refractivity contribution in [2.75, 3.05) is 36.4 Å². The van der Waals surface area contributed by atoms with Crippen LogP contribution >= 0.6 is 11.6 Å². The first-order chi connectivity index (χ1) is 16.7. The topological polar surface area (TPSA) is 53.4 Å². The Balaban J connectivity index is 1.35. The Morgan fingerprint density at radius 1 is 1.06 bits per heavy atom. The first-order valence-corrected chi connectivity index (χ1v) is 11.9. The molecule has 1 N–H and O–H groups in total. The van der Waals surface area contributed by atoms with Crippen LogP contribution < -0.4 is 10.2 Å². The average molecular weight is 504 g/mol. The van der Waals surface area contributed by atoms with E-state index in [2.05, 4.69) is 15.3 Å². The maximum Gasteiger partial charge on any atom is 0.410 e. The van der Waals surface area contributed by atoms with Crippen LogP contribution in [-0.2, 0) is 0 Å². The zero-order valence-corrected chi connectivity index (χ0v) is 19.9. The number of anilines is 2. The van der Waals surface area contributed by atoms with Crippen molar-refractivity contribution >= 4 is 29.0 Å². The number of hydrogen-bond donors (Lipinski definition) is 1. The van der Waals surface area contributed by atoms with Gasteiger partial charge in [-0.2, -0.15) is 18.3 Å². The van der Waals surface area contributed by atoms with Gasteiger partial charge in [-0.25, -0.2) is 4.68 Å². The average Bonchev–Trinajstić information content (AvgIpc) is 3.27. The van der Waals surface area contributed by atoms with Crippen LogP contribution in [-0.4, -0.2) is 52.9 Å². The van der Waals surface area contributed by atoms with Crippen LogP contribution in [0.4, 0.5) is 24.7 Å². The number of nitrogens with zero attached hydrogens (tertiary/aromatic N) is 4. The minimum atomic E-state index is -4.49. The van der Waals surface area contributed by atoms with Gasteiger partial charge in [0.1, 0.15) is 5.82 Å². The van der Waals surface area contributed by atoms with Crippen molar-refractivity contribution in [3.8, 4) is 0 Å². The molecule has 0 saturated carbocycles. The molecule has 35 heavy (non-hydrogen) atoms. The molecule has 1 fully saturated rings. The van der Waals surface area contributed by atoms with Gasteiger partial charge in [0.15, 0.2) is 11.7 Å². The standard InChI is InChI=1S/C25H25ClF3N5O/c1-16-6-8-17(9-7-16)19-14-22(25(27,28)29)34-23(30-19)15-20(31-34)24(35)33-12-10-32(11-13-33)21-5-3-2-4-18(21)26/h2-9,15,19,22,30H,10-14H2,1H3. The van der Waals surface area contributed by atoms with Crippen molar-refractivity contribution < 1.29 is 18.0 Å². The maximum absolute atomic E-state index is 14.0. The van der Waals surface area contributed by atoms with Crippen molar-refractivity contribution in [1.29, 1.82) is 0 Å². The largest absolute Gasteiger partial charge is 0.410 e. The van der Waals surface area contributed by atoms with Crippen LogP contribution in [0.3, 0.4) is 0 Å². The van der Waals surface area contributed by atoms with E-state index in [4.69, 9.17) is 11.6 Å². The van der Waals surface area contributed by atoms with Gasteiger partial charge in [-0.05, 0) is 24.6 Å². The van der Waals surface area contributed by atoms with Gasteiger partial charge < -0.3 is 15.1 Å². The molecule has 1 saturated heterocycles. The van der Waals surface area contributed by atoms with Gasteiger partial charge in [-0.1, -0.05) is 53.6 Å². The number of piperazine rings is 1. The predicted molar refractivity (Wildman–Crippen MR) is 129 cm³/mol. The van der Waals surface area contributed by atoms with Gasteiger partial charge in [0.05, 0.1) is 16.8 Å². The number of para-hydroxylation sites is 1. The van der Waals surface area contributed by atoms with Crippen molar-refractivity contribution in [3.05, 3.63) is 76.4 Å². The number of nitrogens with one attached hydrogen (secondary N) is 1.